The van der Waals surface area contributed by atoms with Gasteiger partial charge in [-0.05, 0) is 92.8 Å². The Morgan fingerprint density at radius 1 is 1.21 bits per heavy atom. The topological polar surface area (TPSA) is 89.5 Å². The summed E-state index contributed by atoms with van der Waals surface area (Å²) in [6.45, 7) is 13.3. The summed E-state index contributed by atoms with van der Waals surface area (Å²) in [4.78, 5) is 22.5. The van der Waals surface area contributed by atoms with Crippen molar-refractivity contribution in [1.29, 1.82) is 0 Å². The van der Waals surface area contributed by atoms with E-state index in [9.17, 15) is 22.5 Å². The van der Waals surface area contributed by atoms with E-state index in [4.69, 9.17) is 5.73 Å². The van der Waals surface area contributed by atoms with Gasteiger partial charge in [0.2, 0.25) is 0 Å². The van der Waals surface area contributed by atoms with Crippen LogP contribution in [0.5, 0.6) is 0 Å². The zero-order valence-electron chi connectivity index (χ0n) is 24.1. The fourth-order valence-electron chi connectivity index (χ4n) is 4.99. The van der Waals surface area contributed by atoms with Crippen molar-refractivity contribution in [2.45, 2.75) is 58.3 Å². The molecule has 0 aromatic carbocycles. The average molecular weight is 595 g/mol. The zero-order valence-corrected chi connectivity index (χ0v) is 25.8. The quantitative estimate of drug-likeness (QED) is 0.115. The lowest BCUT2D eigenvalue weighted by Gasteiger charge is -2.38. The number of alkyl halides is 3. The summed E-state index contributed by atoms with van der Waals surface area (Å²) in [7, 11) is 0.523. The summed E-state index contributed by atoms with van der Waals surface area (Å²) in [5.74, 6) is -0.464. The number of guanidine groups is 1. The van der Waals surface area contributed by atoms with Crippen molar-refractivity contribution in [2.75, 3.05) is 52.2 Å². The van der Waals surface area contributed by atoms with Crippen LogP contribution in [0.15, 0.2) is 45.8 Å². The van der Waals surface area contributed by atoms with E-state index in [1.165, 1.54) is 18.2 Å². The summed E-state index contributed by atoms with van der Waals surface area (Å²) < 4.78 is 54.1. The van der Waals surface area contributed by atoms with Crippen molar-refractivity contribution in [1.82, 2.24) is 15.1 Å². The first-order chi connectivity index (χ1) is 18.0. The third-order valence-corrected chi connectivity index (χ3v) is 13.6. The Labute approximate surface area is 232 Å². The maximum absolute atomic E-state index is 14.6. The highest BCUT2D eigenvalue weighted by atomic mass is 32.1. The van der Waals surface area contributed by atoms with E-state index < -0.39 is 27.5 Å². The number of nitrogens with one attached hydrogen (secondary N) is 1. The number of hydrogen-bond acceptors (Lipinski definition) is 5. The molecular formula is C26H44F4N6OP2. The number of likely N-dealkylation sites (tertiary alicyclic amines) is 1. The minimum Gasteiger partial charge on any atom is -0.371 e. The molecule has 2 aliphatic heterocycles. The van der Waals surface area contributed by atoms with Crippen LogP contribution in [-0.4, -0.2) is 96.0 Å². The van der Waals surface area contributed by atoms with Crippen LogP contribution < -0.4 is 11.1 Å². The molecule has 2 unspecified atom stereocenters. The van der Waals surface area contributed by atoms with E-state index in [-0.39, 0.29) is 47.1 Å². The van der Waals surface area contributed by atoms with Crippen LogP contribution in [-0.2, 0) is 0 Å². The maximum Gasteiger partial charge on any atom is 0.411 e. The van der Waals surface area contributed by atoms with E-state index in [1.807, 2.05) is 0 Å². The Bertz CT molecular complexity index is 983. The molecule has 0 amide bonds. The summed E-state index contributed by atoms with van der Waals surface area (Å²) in [6.07, 6.45) is 2.29. The normalized spacial score (nSPS) is 25.0. The molecule has 0 aliphatic carbocycles. The fourth-order valence-corrected chi connectivity index (χ4v) is 9.01. The van der Waals surface area contributed by atoms with Crippen molar-refractivity contribution in [3.8, 4) is 0 Å². The highest BCUT2D eigenvalue weighted by molar-refractivity contribution is 8.27. The molecule has 0 aromatic rings. The summed E-state index contributed by atoms with van der Waals surface area (Å²) in [5.41, 5.74) is 5.90. The van der Waals surface area contributed by atoms with Gasteiger partial charge in [0.05, 0.1) is 6.54 Å². The molecule has 2 rings (SSSR count). The van der Waals surface area contributed by atoms with E-state index in [0.717, 1.165) is 6.42 Å². The minimum atomic E-state index is -4.46. The lowest BCUT2D eigenvalue weighted by Crippen LogP contribution is -2.47. The van der Waals surface area contributed by atoms with E-state index in [0.29, 0.717) is 32.0 Å². The van der Waals surface area contributed by atoms with Gasteiger partial charge in [-0.3, -0.25) is 9.89 Å². The number of nitrogens with two attached hydrogens (primary N) is 1. The first kappa shape index (κ1) is 33.7. The Morgan fingerprint density at radius 2 is 1.82 bits per heavy atom. The van der Waals surface area contributed by atoms with Crippen LogP contribution in [0.4, 0.5) is 17.6 Å². The van der Waals surface area contributed by atoms with Gasteiger partial charge in [0.1, 0.15) is 0 Å². The molecule has 2 atom stereocenters. The molecule has 0 aromatic heterocycles. The molecular weight excluding hydrogens is 550 g/mol. The number of rotatable bonds is 8. The minimum absolute atomic E-state index is 0.00245. The number of hydrogen-bond donors (Lipinski definition) is 3. The lowest BCUT2D eigenvalue weighted by atomic mass is 9.87. The van der Waals surface area contributed by atoms with Gasteiger partial charge in [-0.25, -0.2) is 9.38 Å². The maximum atomic E-state index is 14.6. The molecule has 2 fully saturated rings. The Morgan fingerprint density at radius 3 is 2.31 bits per heavy atom. The number of allylic oxidation sites excluding steroid dienone is 3. The lowest BCUT2D eigenvalue weighted by molar-refractivity contribution is -0.0813. The molecule has 2 heterocycles. The van der Waals surface area contributed by atoms with Crippen LogP contribution in [0.3, 0.4) is 0 Å². The summed E-state index contributed by atoms with van der Waals surface area (Å²) in [6, 6.07) is 0. The molecule has 0 bridgehead atoms. The molecule has 2 aliphatic rings. The Kier molecular flexibility index (Phi) is 12.0. The number of halogens is 4. The number of nitrogens with zero attached hydrogens (tertiary/aromatic N) is 4. The van der Waals surface area contributed by atoms with E-state index >= 15 is 0 Å². The van der Waals surface area contributed by atoms with Crippen molar-refractivity contribution >= 4 is 27.2 Å². The van der Waals surface area contributed by atoms with Crippen molar-refractivity contribution in [3.63, 3.8) is 0 Å². The summed E-state index contributed by atoms with van der Waals surface area (Å²) in [5, 5.41) is 2.72. The van der Waals surface area contributed by atoms with Gasteiger partial charge in [-0.15, -0.1) is 0 Å². The molecule has 4 N–H and O–H groups in total. The third-order valence-electron chi connectivity index (χ3n) is 7.71. The van der Waals surface area contributed by atoms with Crippen LogP contribution in [0.1, 0.15) is 41.0 Å². The molecule has 0 saturated carbocycles. The molecule has 222 valence electrons. The smallest absolute Gasteiger partial charge is 0.371 e. The standard InChI is InChI=1S/C26H44F4N6OP2/c1-8-21(27)22(33-18-19-16-24(2,3)35(6)25(19,4)5)34-23(31)32-11-9-10-20(17-26(28,29)30)36-12-14-39(15-13-36)38(7)37/h8-10,17,19,37H,11-16,18H2,1-7H3,(H3,31,32,33,34)/b10-9-,20-17-,21-8+. The van der Waals surface area contributed by atoms with Gasteiger partial charge < -0.3 is 20.8 Å². The van der Waals surface area contributed by atoms with Gasteiger partial charge in [-0.1, -0.05) is 6.08 Å². The van der Waals surface area contributed by atoms with Gasteiger partial charge in [0.25, 0.3) is 0 Å². The predicted molar refractivity (Wildman–Crippen MR) is 157 cm³/mol. The van der Waals surface area contributed by atoms with Crippen LogP contribution in [0, 0.1) is 5.92 Å². The largest absolute Gasteiger partial charge is 0.411 e. The van der Waals surface area contributed by atoms with Crippen LogP contribution in [0.25, 0.3) is 0 Å². The molecule has 0 radical (unpaired) electrons. The van der Waals surface area contributed by atoms with Crippen molar-refractivity contribution < 1.29 is 22.5 Å². The van der Waals surface area contributed by atoms with Crippen LogP contribution in [0.2, 0.25) is 0 Å². The first-order valence-corrected chi connectivity index (χ1v) is 17.2. The Hall–Kier alpha value is -1.54. The number of aliphatic imine (C=N–C) groups is 2. The molecule has 7 nitrogen and oxygen atoms in total. The highest BCUT2D eigenvalue weighted by Gasteiger charge is 2.48. The van der Waals surface area contributed by atoms with E-state index in [2.05, 4.69) is 54.9 Å². The second-order valence-electron chi connectivity index (χ2n) is 11.0. The fraction of sp³-hybridized carbons (Fsp3) is 0.692. The second-order valence-corrected chi connectivity index (χ2v) is 17.4. The van der Waals surface area contributed by atoms with Crippen molar-refractivity contribution in [2.24, 2.45) is 21.6 Å². The summed E-state index contributed by atoms with van der Waals surface area (Å²) >= 11 is 0. The highest BCUT2D eigenvalue weighted by Crippen LogP contribution is 2.64. The van der Waals surface area contributed by atoms with Crippen LogP contribution >= 0.6 is 15.4 Å². The first-order valence-electron chi connectivity index (χ1n) is 13.0. The molecule has 0 spiro atoms. The van der Waals surface area contributed by atoms with Gasteiger partial charge in [0.15, 0.2) is 17.6 Å². The second kappa shape index (κ2) is 13.9. The molecule has 39 heavy (non-hydrogen) atoms. The van der Waals surface area contributed by atoms with Crippen molar-refractivity contribution in [3.05, 3.63) is 35.8 Å². The molecule has 2 saturated heterocycles. The monoisotopic (exact) mass is 594 g/mol. The predicted octanol–water partition coefficient (Wildman–Crippen LogP) is 5.41. The van der Waals surface area contributed by atoms with Gasteiger partial charge in [-0.2, -0.15) is 13.2 Å². The van der Waals surface area contributed by atoms with E-state index in [1.54, 1.807) is 18.5 Å². The van der Waals surface area contributed by atoms with Gasteiger partial charge >= 0.3 is 6.18 Å². The number of amidine groups is 1. The third kappa shape index (κ3) is 9.80. The Balaban J connectivity index is 2.08. The molecule has 13 heteroatoms. The zero-order chi connectivity index (χ0) is 29.6. The van der Waals surface area contributed by atoms with Gasteiger partial charge in [0, 0.05) is 50.3 Å². The SMILES string of the molecule is C/C=C(/F)C(=NCC1CC(C)(C)N(C)C1(C)C)NC(N)=NC/C=C\C(=C\C(F)(F)F)N1CCP(P(C)O)CC1. The average Bonchev–Trinajstić information content (AvgIpc) is 3.00.